The van der Waals surface area contributed by atoms with Crippen molar-refractivity contribution in [3.8, 4) is 0 Å². The maximum Gasteiger partial charge on any atom is 0.125 e. The minimum atomic E-state index is 0.429. The molecule has 1 aliphatic carbocycles. The summed E-state index contributed by atoms with van der Waals surface area (Å²) in [6.07, 6.45) is 20.8. The summed E-state index contributed by atoms with van der Waals surface area (Å²) in [6, 6.07) is 3.84. The van der Waals surface area contributed by atoms with Gasteiger partial charge in [-0.2, -0.15) is 0 Å². The second kappa shape index (κ2) is 7.57. The van der Waals surface area contributed by atoms with Crippen LogP contribution in [0.4, 0.5) is 0 Å². The number of fused-ring (bicyclic) bond motifs is 2. The van der Waals surface area contributed by atoms with Gasteiger partial charge in [0, 0.05) is 24.4 Å². The van der Waals surface area contributed by atoms with Gasteiger partial charge in [0.2, 0.25) is 0 Å². The molecule has 6 bridgehead atoms. The third-order valence-electron chi connectivity index (χ3n) is 8.90. The zero-order chi connectivity index (χ0) is 19.3. The average molecular weight is 395 g/mol. The number of hydrogen-bond donors (Lipinski definition) is 0. The number of piperidine rings is 1. The Balaban J connectivity index is 1.41. The Morgan fingerprint density at radius 3 is 2.79 bits per heavy atom. The molecule has 3 fully saturated rings. The summed E-state index contributed by atoms with van der Waals surface area (Å²) >= 11 is 0. The smallest absolute Gasteiger partial charge is 0.125 e. The predicted molar refractivity (Wildman–Crippen MR) is 117 cm³/mol. The van der Waals surface area contributed by atoms with Crippen LogP contribution < -0.4 is 0 Å². The summed E-state index contributed by atoms with van der Waals surface area (Å²) < 4.78 is 6.72. The van der Waals surface area contributed by atoms with Crippen LogP contribution in [0.5, 0.6) is 0 Å². The molecule has 0 N–H and O–H groups in total. The molecule has 1 spiro atoms. The summed E-state index contributed by atoms with van der Waals surface area (Å²) in [7, 11) is 0. The van der Waals surface area contributed by atoms with Gasteiger partial charge in [0.15, 0.2) is 0 Å². The summed E-state index contributed by atoms with van der Waals surface area (Å²) in [5.74, 6) is 3.39. The molecule has 3 heteroatoms. The molecule has 6 aliphatic heterocycles. The number of aryl methyl sites for hydroxylation is 1. The Morgan fingerprint density at radius 2 is 1.79 bits per heavy atom. The van der Waals surface area contributed by atoms with E-state index in [2.05, 4.69) is 28.0 Å². The lowest BCUT2D eigenvalue weighted by Crippen LogP contribution is -2.47. The monoisotopic (exact) mass is 394 g/mol. The largest absolute Gasteiger partial charge is 0.464 e. The Labute approximate surface area is 176 Å². The van der Waals surface area contributed by atoms with Crippen molar-refractivity contribution in [2.24, 2.45) is 5.41 Å². The van der Waals surface area contributed by atoms with Crippen LogP contribution in [0, 0.1) is 5.41 Å². The standard InChI is InChI=1S/C26H38N2O/c1-2-5-9-14-27-16-13-23-22-17-21(12-8-3-1)29-24(22)25-26(23,19-27)18-20-11-7-4-6-10-15-28(20)25/h1,3,17,20,23,25H,2,4-16,18-19H2. The molecule has 7 heterocycles. The topological polar surface area (TPSA) is 19.6 Å². The van der Waals surface area contributed by atoms with Crippen molar-refractivity contribution in [3.63, 3.8) is 0 Å². The SMILES string of the molecule is C1=CCCc2cc3c(o2)C2N4CCCCCCC4CC24CN(CCCC1)CCC34. The van der Waals surface area contributed by atoms with Crippen LogP contribution in [-0.4, -0.2) is 42.0 Å². The number of hydrogen-bond acceptors (Lipinski definition) is 3. The lowest BCUT2D eigenvalue weighted by atomic mass is 9.68. The summed E-state index contributed by atoms with van der Waals surface area (Å²) in [6.45, 7) is 5.19. The number of allylic oxidation sites excluding steroid dienone is 2. The molecule has 0 saturated carbocycles. The van der Waals surface area contributed by atoms with E-state index in [4.69, 9.17) is 4.42 Å². The minimum absolute atomic E-state index is 0.429. The number of furan rings is 1. The highest BCUT2D eigenvalue weighted by Gasteiger charge is 2.64. The Hall–Kier alpha value is -1.06. The van der Waals surface area contributed by atoms with Crippen molar-refractivity contribution in [1.29, 1.82) is 0 Å². The first-order valence-corrected chi connectivity index (χ1v) is 12.6. The zero-order valence-electron chi connectivity index (χ0n) is 18.1. The van der Waals surface area contributed by atoms with Gasteiger partial charge in [-0.05, 0) is 88.5 Å². The second-order valence-corrected chi connectivity index (χ2v) is 10.6. The lowest BCUT2D eigenvalue weighted by Gasteiger charge is -2.45. The maximum atomic E-state index is 6.72. The molecule has 0 aromatic carbocycles. The van der Waals surface area contributed by atoms with Gasteiger partial charge >= 0.3 is 0 Å². The van der Waals surface area contributed by atoms with Crippen molar-refractivity contribution < 1.29 is 4.42 Å². The van der Waals surface area contributed by atoms with Gasteiger partial charge < -0.3 is 9.32 Å². The first kappa shape index (κ1) is 18.7. The Kier molecular flexibility index (Phi) is 4.88. The molecule has 1 aromatic rings. The van der Waals surface area contributed by atoms with Gasteiger partial charge in [0.25, 0.3) is 0 Å². The van der Waals surface area contributed by atoms with E-state index < -0.39 is 0 Å². The zero-order valence-corrected chi connectivity index (χ0v) is 18.1. The summed E-state index contributed by atoms with van der Waals surface area (Å²) in [5.41, 5.74) is 2.04. The van der Waals surface area contributed by atoms with E-state index in [1.807, 2.05) is 0 Å². The van der Waals surface area contributed by atoms with Crippen molar-refractivity contribution in [3.05, 3.63) is 35.3 Å². The fraction of sp³-hybridized carbons (Fsp3) is 0.769. The first-order valence-electron chi connectivity index (χ1n) is 12.6. The third kappa shape index (κ3) is 3.07. The van der Waals surface area contributed by atoms with Crippen LogP contribution in [-0.2, 0) is 6.42 Å². The Morgan fingerprint density at radius 1 is 0.897 bits per heavy atom. The van der Waals surface area contributed by atoms with Crippen LogP contribution >= 0.6 is 0 Å². The van der Waals surface area contributed by atoms with Gasteiger partial charge in [0.1, 0.15) is 11.5 Å². The lowest BCUT2D eigenvalue weighted by molar-refractivity contribution is 0.0352. The molecule has 3 nitrogen and oxygen atoms in total. The highest BCUT2D eigenvalue weighted by molar-refractivity contribution is 5.42. The van der Waals surface area contributed by atoms with E-state index >= 15 is 0 Å². The van der Waals surface area contributed by atoms with Crippen LogP contribution in [0.1, 0.15) is 99.7 Å². The van der Waals surface area contributed by atoms with Gasteiger partial charge in [-0.1, -0.05) is 31.4 Å². The molecular formula is C26H38N2O. The molecular weight excluding hydrogens is 356 g/mol. The van der Waals surface area contributed by atoms with E-state index in [1.54, 1.807) is 5.56 Å². The molecule has 7 aliphatic rings. The van der Waals surface area contributed by atoms with E-state index in [-0.39, 0.29) is 0 Å². The molecule has 3 saturated heterocycles. The van der Waals surface area contributed by atoms with E-state index in [9.17, 15) is 0 Å². The Bertz CT molecular complexity index is 767. The molecule has 158 valence electrons. The van der Waals surface area contributed by atoms with Crippen molar-refractivity contribution in [1.82, 2.24) is 9.80 Å². The quantitative estimate of drug-likeness (QED) is 0.517. The first-order chi connectivity index (χ1) is 14.4. The number of nitrogens with zero attached hydrogens (tertiary/aromatic N) is 2. The summed E-state index contributed by atoms with van der Waals surface area (Å²) in [4.78, 5) is 5.77. The maximum absolute atomic E-state index is 6.72. The number of rotatable bonds is 0. The van der Waals surface area contributed by atoms with Gasteiger partial charge in [-0.3, -0.25) is 4.90 Å². The minimum Gasteiger partial charge on any atom is -0.464 e. The van der Waals surface area contributed by atoms with E-state index in [0.29, 0.717) is 11.5 Å². The fourth-order valence-electron chi connectivity index (χ4n) is 7.71. The van der Waals surface area contributed by atoms with E-state index in [1.165, 1.54) is 102 Å². The van der Waals surface area contributed by atoms with Crippen LogP contribution in [0.25, 0.3) is 0 Å². The molecule has 0 amide bonds. The van der Waals surface area contributed by atoms with Gasteiger partial charge in [0.05, 0.1) is 6.04 Å². The second-order valence-electron chi connectivity index (χ2n) is 10.6. The molecule has 0 radical (unpaired) electrons. The summed E-state index contributed by atoms with van der Waals surface area (Å²) in [5, 5.41) is 0. The molecule has 5 unspecified atom stereocenters. The van der Waals surface area contributed by atoms with E-state index in [0.717, 1.165) is 24.8 Å². The highest BCUT2D eigenvalue weighted by Crippen LogP contribution is 2.67. The van der Waals surface area contributed by atoms with Crippen LogP contribution in [0.15, 0.2) is 22.6 Å². The third-order valence-corrected chi connectivity index (χ3v) is 8.90. The molecule has 5 atom stereocenters. The fourth-order valence-corrected chi connectivity index (χ4v) is 7.71. The molecule has 1 aromatic heterocycles. The molecule has 29 heavy (non-hydrogen) atoms. The predicted octanol–water partition coefficient (Wildman–Crippen LogP) is 5.82. The van der Waals surface area contributed by atoms with Crippen LogP contribution in [0.2, 0.25) is 0 Å². The highest BCUT2D eigenvalue weighted by atomic mass is 16.3. The van der Waals surface area contributed by atoms with Gasteiger partial charge in [-0.15, -0.1) is 0 Å². The normalized spacial score (nSPS) is 40.1. The average Bonchev–Trinajstić information content (AvgIpc) is 3.29. The van der Waals surface area contributed by atoms with Crippen LogP contribution in [0.3, 0.4) is 0 Å². The van der Waals surface area contributed by atoms with Crippen molar-refractivity contribution >= 4 is 0 Å². The molecule has 8 rings (SSSR count). The van der Waals surface area contributed by atoms with Crippen molar-refractivity contribution in [2.75, 3.05) is 26.2 Å². The van der Waals surface area contributed by atoms with Crippen molar-refractivity contribution in [2.45, 2.75) is 95.1 Å². The van der Waals surface area contributed by atoms with Gasteiger partial charge in [-0.25, -0.2) is 0 Å².